The summed E-state index contributed by atoms with van der Waals surface area (Å²) in [6.45, 7) is 0.879. The highest BCUT2D eigenvalue weighted by Gasteiger charge is 2.48. The van der Waals surface area contributed by atoms with Gasteiger partial charge < -0.3 is 10.1 Å². The summed E-state index contributed by atoms with van der Waals surface area (Å²) in [5, 5.41) is 11.9. The Labute approximate surface area is 210 Å². The maximum atomic E-state index is 15.1. The van der Waals surface area contributed by atoms with Crippen molar-refractivity contribution in [2.24, 2.45) is 0 Å². The van der Waals surface area contributed by atoms with Crippen LogP contribution in [0, 0.1) is 17.1 Å². The van der Waals surface area contributed by atoms with Gasteiger partial charge in [-0.3, -0.25) is 14.6 Å². The zero-order valence-electron chi connectivity index (χ0n) is 19.7. The van der Waals surface area contributed by atoms with E-state index in [0.717, 1.165) is 31.0 Å². The Morgan fingerprint density at radius 2 is 1.68 bits per heavy atom. The van der Waals surface area contributed by atoms with Crippen LogP contribution in [0.3, 0.4) is 0 Å². The number of hydrogen-bond acceptors (Lipinski definition) is 4. The smallest absolute Gasteiger partial charge is 0.379 e. The number of nitriles is 1. The molecule has 0 spiro atoms. The maximum absolute atomic E-state index is 15.1. The summed E-state index contributed by atoms with van der Waals surface area (Å²) in [6, 6.07) is 7.13. The number of carbonyl (C=O) groups is 2. The van der Waals surface area contributed by atoms with Gasteiger partial charge in [0.1, 0.15) is 5.82 Å². The van der Waals surface area contributed by atoms with Gasteiger partial charge >= 0.3 is 12.2 Å². The predicted octanol–water partition coefficient (Wildman–Crippen LogP) is 4.99. The van der Waals surface area contributed by atoms with E-state index in [2.05, 4.69) is 5.32 Å². The Bertz CT molecular complexity index is 1270. The summed E-state index contributed by atoms with van der Waals surface area (Å²) >= 11 is 0. The van der Waals surface area contributed by atoms with Gasteiger partial charge in [-0.15, -0.1) is 0 Å². The third-order valence-electron chi connectivity index (χ3n) is 7.22. The Hall–Kier alpha value is -3.65. The first-order valence-corrected chi connectivity index (χ1v) is 12.1. The van der Waals surface area contributed by atoms with Gasteiger partial charge in [0.25, 0.3) is 5.91 Å². The van der Waals surface area contributed by atoms with E-state index in [0.29, 0.717) is 32.5 Å². The van der Waals surface area contributed by atoms with Crippen molar-refractivity contribution < 1.29 is 31.9 Å². The van der Waals surface area contributed by atoms with Gasteiger partial charge in [0.15, 0.2) is 0 Å². The van der Waals surface area contributed by atoms with Crippen LogP contribution in [-0.2, 0) is 10.9 Å². The molecular weight excluding hydrogens is 492 g/mol. The summed E-state index contributed by atoms with van der Waals surface area (Å²) < 4.78 is 61.1. The normalized spacial score (nSPS) is 23.6. The van der Waals surface area contributed by atoms with Crippen molar-refractivity contribution in [1.82, 2.24) is 5.32 Å². The molecule has 0 aromatic heterocycles. The molecule has 3 aliphatic rings. The molecule has 1 N–H and O–H groups in total. The molecular formula is C26H24F4N4O3. The summed E-state index contributed by atoms with van der Waals surface area (Å²) in [5.41, 5.74) is -1.54. The lowest BCUT2D eigenvalue weighted by Gasteiger charge is -2.32. The van der Waals surface area contributed by atoms with Crippen LogP contribution in [0.5, 0.6) is 0 Å². The minimum absolute atomic E-state index is 0.0333. The van der Waals surface area contributed by atoms with Gasteiger partial charge in [-0.05, 0) is 55.7 Å². The predicted molar refractivity (Wildman–Crippen MR) is 126 cm³/mol. The van der Waals surface area contributed by atoms with Crippen LogP contribution in [0.2, 0.25) is 0 Å². The average Bonchev–Trinajstić information content (AvgIpc) is 3.48. The maximum Gasteiger partial charge on any atom is 0.417 e. The van der Waals surface area contributed by atoms with Crippen molar-refractivity contribution in [3.8, 4) is 6.07 Å². The Morgan fingerprint density at radius 1 is 1.03 bits per heavy atom. The number of ether oxygens (including phenoxy) is 1. The second kappa shape index (κ2) is 9.67. The number of carbonyl (C=O) groups excluding carboxylic acids is 2. The molecule has 2 saturated heterocycles. The molecule has 1 saturated carbocycles. The van der Waals surface area contributed by atoms with Crippen molar-refractivity contribution >= 4 is 23.3 Å². The Kier molecular flexibility index (Phi) is 6.54. The van der Waals surface area contributed by atoms with E-state index in [1.54, 1.807) is 6.07 Å². The summed E-state index contributed by atoms with van der Waals surface area (Å²) in [5.74, 6) is -1.38. The van der Waals surface area contributed by atoms with Crippen molar-refractivity contribution in [1.29, 1.82) is 5.26 Å². The summed E-state index contributed by atoms with van der Waals surface area (Å²) in [6.07, 6.45) is -1.36. The highest BCUT2D eigenvalue weighted by molar-refractivity contribution is 6.08. The molecule has 0 radical (unpaired) electrons. The minimum Gasteiger partial charge on any atom is -0.379 e. The molecule has 3 amide bonds. The van der Waals surface area contributed by atoms with Crippen molar-refractivity contribution in [3.63, 3.8) is 0 Å². The first-order chi connectivity index (χ1) is 17.7. The van der Waals surface area contributed by atoms with Crippen LogP contribution in [-0.4, -0.2) is 43.3 Å². The quantitative estimate of drug-likeness (QED) is 0.580. The minimum atomic E-state index is -4.76. The van der Waals surface area contributed by atoms with Gasteiger partial charge in [-0.25, -0.2) is 9.18 Å². The lowest BCUT2D eigenvalue weighted by molar-refractivity contribution is -0.137. The molecule has 37 heavy (non-hydrogen) atoms. The molecule has 0 unspecified atom stereocenters. The average molecular weight is 516 g/mol. The number of fused-ring (bicyclic) bond motifs is 1. The topological polar surface area (TPSA) is 85.7 Å². The van der Waals surface area contributed by atoms with Crippen LogP contribution < -0.4 is 15.1 Å². The molecule has 0 bridgehead atoms. The molecule has 2 aromatic carbocycles. The zero-order chi connectivity index (χ0) is 26.3. The highest BCUT2D eigenvalue weighted by Crippen LogP contribution is 2.42. The molecule has 11 heteroatoms. The van der Waals surface area contributed by atoms with E-state index in [1.165, 1.54) is 28.0 Å². The number of nitrogens with one attached hydrogen (secondary N) is 1. The Balaban J connectivity index is 1.47. The van der Waals surface area contributed by atoms with Gasteiger partial charge in [0.2, 0.25) is 0 Å². The molecule has 7 nitrogen and oxygen atoms in total. The van der Waals surface area contributed by atoms with E-state index < -0.39 is 41.1 Å². The number of anilines is 2. The number of urea groups is 1. The first-order valence-electron chi connectivity index (χ1n) is 12.1. The molecule has 2 aliphatic heterocycles. The largest absolute Gasteiger partial charge is 0.417 e. The third-order valence-corrected chi connectivity index (χ3v) is 7.22. The number of amides is 3. The lowest BCUT2D eigenvalue weighted by Crippen LogP contribution is -2.40. The van der Waals surface area contributed by atoms with E-state index in [4.69, 9.17) is 10.00 Å². The fraction of sp³-hybridized carbons (Fsp3) is 0.423. The fourth-order valence-electron chi connectivity index (χ4n) is 5.46. The van der Waals surface area contributed by atoms with Gasteiger partial charge in [-0.2, -0.15) is 18.4 Å². The number of halogens is 4. The zero-order valence-corrected chi connectivity index (χ0v) is 19.7. The second-order valence-electron chi connectivity index (χ2n) is 9.48. The third kappa shape index (κ3) is 4.62. The number of rotatable bonds is 4. The van der Waals surface area contributed by atoms with E-state index in [1.807, 2.05) is 0 Å². The molecule has 194 valence electrons. The van der Waals surface area contributed by atoms with E-state index >= 15 is 4.39 Å². The molecule has 2 aromatic rings. The Morgan fingerprint density at radius 3 is 2.24 bits per heavy atom. The number of alkyl halides is 3. The van der Waals surface area contributed by atoms with Crippen molar-refractivity contribution in [2.45, 2.75) is 56.4 Å². The van der Waals surface area contributed by atoms with Gasteiger partial charge in [0, 0.05) is 18.0 Å². The standard InChI is InChI=1S/C26H24F4N4O3/c27-21-12-18(7-8-19(21)24(35)32-16-9-10-37-14-16)34-23-4-2-1-3-22(23)33(25(34)36)17-6-5-15(13-31)20(11-17)26(28,29)30/h5-8,11-12,16,22-23H,1-4,9-10,14H2,(H,32,35)/t16-,22+,23+/m1/s1. The lowest BCUT2D eigenvalue weighted by atomic mass is 9.89. The molecule has 5 rings (SSSR count). The van der Waals surface area contributed by atoms with Crippen molar-refractivity contribution in [3.05, 3.63) is 58.9 Å². The van der Waals surface area contributed by atoms with E-state index in [-0.39, 0.29) is 29.0 Å². The fourth-order valence-corrected chi connectivity index (χ4v) is 5.46. The van der Waals surface area contributed by atoms with Crippen LogP contribution >= 0.6 is 0 Å². The number of benzene rings is 2. The number of nitrogens with zero attached hydrogens (tertiary/aromatic N) is 3. The van der Waals surface area contributed by atoms with Crippen LogP contribution in [0.4, 0.5) is 33.7 Å². The SMILES string of the molecule is N#Cc1ccc(N2C(=O)N(c3ccc(C(=O)N[C@@H]4CCOC4)c(F)c3)[C@H]3CCCC[C@@H]32)cc1C(F)(F)F. The van der Waals surface area contributed by atoms with Crippen LogP contribution in [0.1, 0.15) is 53.6 Å². The van der Waals surface area contributed by atoms with Crippen molar-refractivity contribution in [2.75, 3.05) is 23.0 Å². The molecule has 3 atom stereocenters. The molecule has 1 aliphatic carbocycles. The van der Waals surface area contributed by atoms with Gasteiger partial charge in [0.05, 0.1) is 47.5 Å². The first kappa shape index (κ1) is 25.0. The van der Waals surface area contributed by atoms with E-state index in [9.17, 15) is 22.8 Å². The molecule has 3 fully saturated rings. The van der Waals surface area contributed by atoms with Gasteiger partial charge in [-0.1, -0.05) is 12.8 Å². The summed E-state index contributed by atoms with van der Waals surface area (Å²) in [4.78, 5) is 28.9. The summed E-state index contributed by atoms with van der Waals surface area (Å²) in [7, 11) is 0. The molecule has 2 heterocycles. The van der Waals surface area contributed by atoms with Crippen LogP contribution in [0.15, 0.2) is 36.4 Å². The number of hydrogen-bond donors (Lipinski definition) is 1. The second-order valence-corrected chi connectivity index (χ2v) is 9.48. The van der Waals surface area contributed by atoms with Crippen LogP contribution in [0.25, 0.3) is 0 Å². The monoisotopic (exact) mass is 516 g/mol. The highest BCUT2D eigenvalue weighted by atomic mass is 19.4.